The number of sulfonamides is 1. The van der Waals surface area contributed by atoms with Crippen molar-refractivity contribution in [3.05, 3.63) is 17.8 Å². The van der Waals surface area contributed by atoms with Crippen LogP contribution in [0.3, 0.4) is 0 Å². The minimum atomic E-state index is -3.54. The Hall–Kier alpha value is -1.05. The summed E-state index contributed by atoms with van der Waals surface area (Å²) in [5, 5.41) is 10.6. The van der Waals surface area contributed by atoms with Crippen molar-refractivity contribution < 1.29 is 8.42 Å². The largest absolute Gasteiger partial charge is 0.315 e. The molecule has 17 heavy (non-hydrogen) atoms. The number of hydrogen-bond acceptors (Lipinski definition) is 5. The fraction of sp³-hybridized carbons (Fsp3) is 0.600. The second-order valence-electron chi connectivity index (χ2n) is 4.18. The molecule has 2 rings (SSSR count). The summed E-state index contributed by atoms with van der Waals surface area (Å²) in [5.74, 6) is 0. The molecule has 6 nitrogen and oxygen atoms in total. The summed E-state index contributed by atoms with van der Waals surface area (Å²) in [6.45, 7) is 3.38. The van der Waals surface area contributed by atoms with Crippen molar-refractivity contribution in [1.82, 2.24) is 20.2 Å². The summed E-state index contributed by atoms with van der Waals surface area (Å²) in [5.41, 5.74) is 0.697. The van der Waals surface area contributed by atoms with E-state index in [1.165, 1.54) is 6.07 Å². The van der Waals surface area contributed by atoms with E-state index in [-0.39, 0.29) is 11.1 Å². The third kappa shape index (κ3) is 3.21. The van der Waals surface area contributed by atoms with Crippen LogP contribution in [0.15, 0.2) is 17.2 Å². The number of piperidine rings is 1. The van der Waals surface area contributed by atoms with Gasteiger partial charge in [-0.05, 0) is 38.4 Å². The van der Waals surface area contributed by atoms with Gasteiger partial charge in [0.15, 0.2) is 5.03 Å². The van der Waals surface area contributed by atoms with E-state index in [0.29, 0.717) is 12.2 Å². The van der Waals surface area contributed by atoms with Gasteiger partial charge in [-0.2, -0.15) is 5.10 Å². The van der Waals surface area contributed by atoms with Crippen molar-refractivity contribution in [3.8, 4) is 0 Å². The van der Waals surface area contributed by atoms with E-state index in [2.05, 4.69) is 20.2 Å². The standard InChI is InChI=1S/C10H16N4O2S/c1-8-4-5-10(13-12-8)17(15,16)14-9-3-2-6-11-7-9/h4-5,9,11,14H,2-3,6-7H2,1H3/t9-/m1/s1. The first kappa shape index (κ1) is 12.4. The molecule has 0 spiro atoms. The lowest BCUT2D eigenvalue weighted by molar-refractivity contribution is 0.428. The quantitative estimate of drug-likeness (QED) is 0.783. The van der Waals surface area contributed by atoms with Crippen LogP contribution in [0.5, 0.6) is 0 Å². The summed E-state index contributed by atoms with van der Waals surface area (Å²) in [7, 11) is -3.54. The van der Waals surface area contributed by atoms with Gasteiger partial charge in [-0.1, -0.05) is 0 Å². The van der Waals surface area contributed by atoms with E-state index in [0.717, 1.165) is 19.4 Å². The predicted molar refractivity (Wildman–Crippen MR) is 63.0 cm³/mol. The molecule has 0 saturated carbocycles. The van der Waals surface area contributed by atoms with Crippen molar-refractivity contribution >= 4 is 10.0 Å². The third-order valence-electron chi connectivity index (χ3n) is 2.67. The van der Waals surface area contributed by atoms with Crippen molar-refractivity contribution in [2.45, 2.75) is 30.8 Å². The molecule has 0 unspecified atom stereocenters. The molecule has 1 atom stereocenters. The topological polar surface area (TPSA) is 84.0 Å². The van der Waals surface area contributed by atoms with Crippen LogP contribution in [0, 0.1) is 6.92 Å². The lowest BCUT2D eigenvalue weighted by atomic mass is 10.1. The fourth-order valence-corrected chi connectivity index (χ4v) is 2.92. The normalized spacial score (nSPS) is 21.4. The highest BCUT2D eigenvalue weighted by Crippen LogP contribution is 2.08. The third-order valence-corrected chi connectivity index (χ3v) is 4.08. The zero-order valence-corrected chi connectivity index (χ0v) is 10.5. The number of hydrogen-bond donors (Lipinski definition) is 2. The van der Waals surface area contributed by atoms with Crippen LogP contribution in [-0.2, 0) is 10.0 Å². The zero-order chi connectivity index (χ0) is 12.3. The monoisotopic (exact) mass is 256 g/mol. The maximum Gasteiger partial charge on any atom is 0.260 e. The summed E-state index contributed by atoms with van der Waals surface area (Å²) in [4.78, 5) is 0. The fourth-order valence-electron chi connectivity index (χ4n) is 1.76. The van der Waals surface area contributed by atoms with Gasteiger partial charge in [0.2, 0.25) is 0 Å². The Kier molecular flexibility index (Phi) is 3.70. The molecule has 1 saturated heterocycles. The smallest absolute Gasteiger partial charge is 0.260 e. The van der Waals surface area contributed by atoms with Crippen molar-refractivity contribution in [2.75, 3.05) is 13.1 Å². The van der Waals surface area contributed by atoms with Crippen molar-refractivity contribution in [3.63, 3.8) is 0 Å². The van der Waals surface area contributed by atoms with Crippen molar-refractivity contribution in [1.29, 1.82) is 0 Å². The van der Waals surface area contributed by atoms with E-state index in [1.807, 2.05) is 0 Å². The molecule has 0 aromatic carbocycles. The van der Waals surface area contributed by atoms with Crippen LogP contribution < -0.4 is 10.0 Å². The molecule has 1 fully saturated rings. The van der Waals surface area contributed by atoms with E-state index < -0.39 is 10.0 Å². The van der Waals surface area contributed by atoms with E-state index in [4.69, 9.17) is 0 Å². The lowest BCUT2D eigenvalue weighted by Crippen LogP contribution is -2.45. The number of nitrogens with zero attached hydrogens (tertiary/aromatic N) is 2. The van der Waals surface area contributed by atoms with Crippen LogP contribution in [0.1, 0.15) is 18.5 Å². The minimum Gasteiger partial charge on any atom is -0.315 e. The molecular formula is C10H16N4O2S. The van der Waals surface area contributed by atoms with Gasteiger partial charge in [-0.15, -0.1) is 5.10 Å². The number of nitrogens with one attached hydrogen (secondary N) is 2. The van der Waals surface area contributed by atoms with Gasteiger partial charge in [0.05, 0.1) is 5.69 Å². The number of aromatic nitrogens is 2. The van der Waals surface area contributed by atoms with Gasteiger partial charge >= 0.3 is 0 Å². The van der Waals surface area contributed by atoms with Crippen LogP contribution in [-0.4, -0.2) is 37.7 Å². The Bertz CT molecular complexity index is 466. The van der Waals surface area contributed by atoms with Gasteiger partial charge < -0.3 is 5.32 Å². The Labute approximate surface area is 101 Å². The van der Waals surface area contributed by atoms with E-state index >= 15 is 0 Å². The summed E-state index contributed by atoms with van der Waals surface area (Å²) < 4.78 is 26.6. The maximum absolute atomic E-state index is 12.0. The summed E-state index contributed by atoms with van der Waals surface area (Å²) in [6, 6.07) is 3.05. The van der Waals surface area contributed by atoms with Gasteiger partial charge in [-0.25, -0.2) is 13.1 Å². The first-order chi connectivity index (χ1) is 8.08. The lowest BCUT2D eigenvalue weighted by Gasteiger charge is -2.23. The Morgan fingerprint density at radius 1 is 1.41 bits per heavy atom. The zero-order valence-electron chi connectivity index (χ0n) is 9.68. The molecule has 1 aromatic rings. The number of aryl methyl sites for hydroxylation is 1. The molecule has 0 aliphatic carbocycles. The molecule has 0 amide bonds. The second kappa shape index (κ2) is 5.07. The first-order valence-electron chi connectivity index (χ1n) is 5.61. The SMILES string of the molecule is Cc1ccc(S(=O)(=O)N[C@@H]2CCCNC2)nn1. The molecule has 0 radical (unpaired) electrons. The molecule has 1 aliphatic heterocycles. The average Bonchev–Trinajstić information content (AvgIpc) is 2.30. The van der Waals surface area contributed by atoms with Gasteiger partial charge in [0.25, 0.3) is 10.0 Å². The van der Waals surface area contributed by atoms with Crippen molar-refractivity contribution in [2.24, 2.45) is 0 Å². The maximum atomic E-state index is 12.0. The Balaban J connectivity index is 2.10. The van der Waals surface area contributed by atoms with Crippen LogP contribution in [0.2, 0.25) is 0 Å². The second-order valence-corrected chi connectivity index (χ2v) is 5.84. The molecular weight excluding hydrogens is 240 g/mol. The molecule has 2 heterocycles. The number of rotatable bonds is 3. The highest BCUT2D eigenvalue weighted by molar-refractivity contribution is 7.89. The van der Waals surface area contributed by atoms with Gasteiger partial charge in [0.1, 0.15) is 0 Å². The van der Waals surface area contributed by atoms with Gasteiger partial charge in [-0.3, -0.25) is 0 Å². The van der Waals surface area contributed by atoms with Crippen LogP contribution in [0.25, 0.3) is 0 Å². The highest BCUT2D eigenvalue weighted by atomic mass is 32.2. The first-order valence-corrected chi connectivity index (χ1v) is 7.09. The molecule has 2 N–H and O–H groups in total. The summed E-state index contributed by atoms with van der Waals surface area (Å²) >= 11 is 0. The van der Waals surface area contributed by atoms with Crippen LogP contribution in [0.4, 0.5) is 0 Å². The van der Waals surface area contributed by atoms with E-state index in [1.54, 1.807) is 13.0 Å². The summed E-state index contributed by atoms with van der Waals surface area (Å²) in [6.07, 6.45) is 1.83. The molecule has 1 aliphatic rings. The minimum absolute atomic E-state index is 0.0197. The van der Waals surface area contributed by atoms with Crippen LogP contribution >= 0.6 is 0 Å². The Morgan fingerprint density at radius 2 is 2.24 bits per heavy atom. The Morgan fingerprint density at radius 3 is 2.82 bits per heavy atom. The molecule has 0 bridgehead atoms. The van der Waals surface area contributed by atoms with E-state index in [9.17, 15) is 8.42 Å². The predicted octanol–water partition coefficient (Wildman–Crippen LogP) is -0.185. The molecule has 7 heteroatoms. The molecule has 94 valence electrons. The average molecular weight is 256 g/mol. The molecule has 1 aromatic heterocycles. The van der Waals surface area contributed by atoms with Gasteiger partial charge in [0, 0.05) is 12.6 Å². The highest BCUT2D eigenvalue weighted by Gasteiger charge is 2.22.